The molecule has 1 rings (SSSR count). The van der Waals surface area contributed by atoms with Gasteiger partial charge < -0.3 is 15.2 Å². The first-order chi connectivity index (χ1) is 7.80. The average Bonchev–Trinajstić information content (AvgIpc) is 2.64. The van der Waals surface area contributed by atoms with Crippen molar-refractivity contribution in [2.45, 2.75) is 58.6 Å². The van der Waals surface area contributed by atoms with Crippen LogP contribution in [0.25, 0.3) is 0 Å². The molecule has 2 N–H and O–H groups in total. The predicted molar refractivity (Wildman–Crippen MR) is 62.8 cm³/mol. The van der Waals surface area contributed by atoms with Gasteiger partial charge in [-0.3, -0.25) is 0 Å². The predicted octanol–water partition coefficient (Wildman–Crippen LogP) is 2.15. The number of aliphatic carboxylic acids is 1. The molecule has 0 radical (unpaired) electrons. The Kier molecular flexibility index (Phi) is 4.37. The fourth-order valence-corrected chi connectivity index (χ4v) is 1.96. The Labute approximate surface area is 102 Å². The number of carboxylic acids is 1. The van der Waals surface area contributed by atoms with Crippen LogP contribution in [-0.4, -0.2) is 29.3 Å². The monoisotopic (exact) mass is 243 g/mol. The van der Waals surface area contributed by atoms with Crippen molar-refractivity contribution in [1.29, 1.82) is 0 Å². The molecule has 1 atom stereocenters. The van der Waals surface area contributed by atoms with E-state index in [1.54, 1.807) is 20.8 Å². The lowest BCUT2D eigenvalue weighted by molar-refractivity contribution is -0.142. The van der Waals surface area contributed by atoms with E-state index >= 15 is 0 Å². The summed E-state index contributed by atoms with van der Waals surface area (Å²) in [5, 5.41) is 11.5. The molecule has 1 amide bonds. The number of hydrogen-bond acceptors (Lipinski definition) is 3. The van der Waals surface area contributed by atoms with Crippen LogP contribution in [-0.2, 0) is 9.53 Å². The van der Waals surface area contributed by atoms with Gasteiger partial charge in [-0.2, -0.15) is 0 Å². The second-order valence-corrected chi connectivity index (χ2v) is 5.59. The molecule has 0 aromatic rings. The normalized spacial score (nSPS) is 18.8. The Bertz CT molecular complexity index is 289. The van der Waals surface area contributed by atoms with Gasteiger partial charge in [-0.15, -0.1) is 0 Å². The average molecular weight is 243 g/mol. The zero-order valence-electron chi connectivity index (χ0n) is 10.7. The second-order valence-electron chi connectivity index (χ2n) is 5.59. The molecule has 0 heterocycles. The Balaban J connectivity index is 2.49. The summed E-state index contributed by atoms with van der Waals surface area (Å²) >= 11 is 0. The van der Waals surface area contributed by atoms with Crippen molar-refractivity contribution in [1.82, 2.24) is 5.32 Å². The van der Waals surface area contributed by atoms with Crippen molar-refractivity contribution >= 4 is 12.1 Å². The molecule has 0 aromatic heterocycles. The summed E-state index contributed by atoms with van der Waals surface area (Å²) in [6.45, 7) is 5.30. The number of ether oxygens (including phenoxy) is 1. The van der Waals surface area contributed by atoms with Crippen molar-refractivity contribution in [3.63, 3.8) is 0 Å². The lowest BCUT2D eigenvalue weighted by Gasteiger charge is -2.27. The zero-order chi connectivity index (χ0) is 13.1. The first-order valence-electron chi connectivity index (χ1n) is 6.00. The van der Waals surface area contributed by atoms with Crippen LogP contribution in [0.4, 0.5) is 4.79 Å². The van der Waals surface area contributed by atoms with E-state index in [-0.39, 0.29) is 6.10 Å². The highest BCUT2D eigenvalue weighted by molar-refractivity contribution is 5.80. The molecule has 0 unspecified atom stereocenters. The molecular weight excluding hydrogens is 222 g/mol. The summed E-state index contributed by atoms with van der Waals surface area (Å²) in [5.41, 5.74) is -0.541. The van der Waals surface area contributed by atoms with Crippen LogP contribution in [0.5, 0.6) is 0 Å². The molecule has 0 bridgehead atoms. The van der Waals surface area contributed by atoms with E-state index in [2.05, 4.69) is 5.32 Å². The minimum atomic E-state index is -1.04. The highest BCUT2D eigenvalue weighted by Crippen LogP contribution is 2.22. The van der Waals surface area contributed by atoms with Crippen LogP contribution in [0, 0.1) is 5.41 Å². The van der Waals surface area contributed by atoms with Crippen molar-refractivity contribution in [2.75, 3.05) is 0 Å². The van der Waals surface area contributed by atoms with Crippen LogP contribution < -0.4 is 5.32 Å². The fraction of sp³-hybridized carbons (Fsp3) is 0.833. The van der Waals surface area contributed by atoms with Gasteiger partial charge >= 0.3 is 12.1 Å². The highest BCUT2D eigenvalue weighted by atomic mass is 16.6. The summed E-state index contributed by atoms with van der Waals surface area (Å²) in [5.74, 6) is -1.04. The van der Waals surface area contributed by atoms with E-state index in [1.807, 2.05) is 0 Å². The van der Waals surface area contributed by atoms with Crippen molar-refractivity contribution < 1.29 is 19.4 Å². The van der Waals surface area contributed by atoms with E-state index in [0.29, 0.717) is 0 Å². The van der Waals surface area contributed by atoms with Gasteiger partial charge in [-0.25, -0.2) is 9.59 Å². The van der Waals surface area contributed by atoms with E-state index < -0.39 is 23.5 Å². The van der Waals surface area contributed by atoms with Gasteiger partial charge in [0.2, 0.25) is 0 Å². The van der Waals surface area contributed by atoms with Crippen LogP contribution in [0.15, 0.2) is 0 Å². The fourth-order valence-electron chi connectivity index (χ4n) is 1.96. The number of amides is 1. The third-order valence-corrected chi connectivity index (χ3v) is 2.95. The van der Waals surface area contributed by atoms with Gasteiger partial charge in [0.15, 0.2) is 0 Å². The maximum atomic E-state index is 11.6. The molecule has 5 nitrogen and oxygen atoms in total. The van der Waals surface area contributed by atoms with E-state index in [0.717, 1.165) is 25.7 Å². The lowest BCUT2D eigenvalue weighted by atomic mass is 9.87. The Hall–Kier alpha value is -1.26. The van der Waals surface area contributed by atoms with Gasteiger partial charge in [0, 0.05) is 0 Å². The standard InChI is InChI=1S/C12H21NO4/c1-12(2,3)9(10(14)15)13-11(16)17-8-6-4-5-7-8/h8-9H,4-7H2,1-3H3,(H,13,16)(H,14,15)/t9-/m0/s1. The molecule has 0 saturated heterocycles. The van der Waals surface area contributed by atoms with Crippen LogP contribution in [0.3, 0.4) is 0 Å². The highest BCUT2D eigenvalue weighted by Gasteiger charge is 2.33. The first-order valence-corrected chi connectivity index (χ1v) is 6.00. The largest absolute Gasteiger partial charge is 0.480 e. The number of rotatable bonds is 3. The van der Waals surface area contributed by atoms with E-state index in [9.17, 15) is 9.59 Å². The molecule has 5 heteroatoms. The molecule has 1 saturated carbocycles. The van der Waals surface area contributed by atoms with Crippen molar-refractivity contribution in [3.8, 4) is 0 Å². The summed E-state index contributed by atoms with van der Waals surface area (Å²) in [6, 6.07) is -0.934. The maximum Gasteiger partial charge on any atom is 0.408 e. The number of carbonyl (C=O) groups is 2. The Morgan fingerprint density at radius 3 is 2.24 bits per heavy atom. The van der Waals surface area contributed by atoms with Crippen molar-refractivity contribution in [3.05, 3.63) is 0 Å². The molecule has 1 aliphatic rings. The smallest absolute Gasteiger partial charge is 0.408 e. The molecule has 0 aliphatic heterocycles. The molecule has 0 aromatic carbocycles. The first kappa shape index (κ1) is 13.8. The number of nitrogens with one attached hydrogen (secondary N) is 1. The lowest BCUT2D eigenvalue weighted by Crippen LogP contribution is -2.49. The topological polar surface area (TPSA) is 75.6 Å². The van der Waals surface area contributed by atoms with Gasteiger partial charge in [0.25, 0.3) is 0 Å². The molecule has 1 fully saturated rings. The van der Waals surface area contributed by atoms with Gasteiger partial charge in [0.05, 0.1) is 0 Å². The quantitative estimate of drug-likeness (QED) is 0.796. The number of hydrogen-bond donors (Lipinski definition) is 2. The molecule has 0 spiro atoms. The van der Waals surface area contributed by atoms with Crippen LogP contribution in [0.1, 0.15) is 46.5 Å². The number of alkyl carbamates (subject to hydrolysis) is 1. The van der Waals surface area contributed by atoms with Crippen molar-refractivity contribution in [2.24, 2.45) is 5.41 Å². The van der Waals surface area contributed by atoms with Gasteiger partial charge in [-0.1, -0.05) is 20.8 Å². The van der Waals surface area contributed by atoms with E-state index in [1.165, 1.54) is 0 Å². The molecule has 1 aliphatic carbocycles. The third-order valence-electron chi connectivity index (χ3n) is 2.95. The summed E-state index contributed by atoms with van der Waals surface area (Å²) in [6.07, 6.45) is 3.21. The summed E-state index contributed by atoms with van der Waals surface area (Å²) in [4.78, 5) is 22.6. The minimum absolute atomic E-state index is 0.0515. The SMILES string of the molecule is CC(C)(C)[C@@H](NC(=O)OC1CCCC1)C(=O)O. The number of carbonyl (C=O) groups excluding carboxylic acids is 1. The molecule has 17 heavy (non-hydrogen) atoms. The summed E-state index contributed by atoms with van der Waals surface area (Å²) in [7, 11) is 0. The third kappa shape index (κ3) is 4.24. The second kappa shape index (κ2) is 5.38. The molecular formula is C12H21NO4. The zero-order valence-corrected chi connectivity index (χ0v) is 10.7. The van der Waals surface area contributed by atoms with Crippen LogP contribution in [0.2, 0.25) is 0 Å². The van der Waals surface area contributed by atoms with Crippen LogP contribution >= 0.6 is 0 Å². The molecule has 98 valence electrons. The maximum absolute atomic E-state index is 11.6. The summed E-state index contributed by atoms with van der Waals surface area (Å²) < 4.78 is 5.17. The minimum Gasteiger partial charge on any atom is -0.480 e. The number of carboxylic acid groups (broad SMARTS) is 1. The van der Waals surface area contributed by atoms with Gasteiger partial charge in [-0.05, 0) is 31.1 Å². The van der Waals surface area contributed by atoms with Gasteiger partial charge in [0.1, 0.15) is 12.1 Å². The van der Waals surface area contributed by atoms with E-state index in [4.69, 9.17) is 9.84 Å². The Morgan fingerprint density at radius 1 is 1.29 bits per heavy atom. The Morgan fingerprint density at radius 2 is 1.82 bits per heavy atom.